The van der Waals surface area contributed by atoms with E-state index >= 15 is 0 Å². The number of amides is 1. The summed E-state index contributed by atoms with van der Waals surface area (Å²) in [6.45, 7) is 2.22. The van der Waals surface area contributed by atoms with E-state index in [2.05, 4.69) is 5.32 Å². The summed E-state index contributed by atoms with van der Waals surface area (Å²) >= 11 is 0. The Morgan fingerprint density at radius 3 is 2.70 bits per heavy atom. The van der Waals surface area contributed by atoms with Crippen molar-refractivity contribution >= 4 is 11.9 Å². The molecule has 7 nitrogen and oxygen atoms in total. The maximum atomic E-state index is 12.1. The van der Waals surface area contributed by atoms with E-state index in [-0.39, 0.29) is 25.7 Å². The van der Waals surface area contributed by atoms with Gasteiger partial charge < -0.3 is 24.3 Å². The smallest absolute Gasteiger partial charge is 0.310 e. The van der Waals surface area contributed by atoms with Crippen molar-refractivity contribution in [3.05, 3.63) is 54.1 Å². The molecule has 2 aromatic carbocycles. The number of carbonyl (C=O) groups is 2. The van der Waals surface area contributed by atoms with Crippen LogP contribution in [0.15, 0.2) is 48.5 Å². The van der Waals surface area contributed by atoms with Crippen molar-refractivity contribution in [3.8, 4) is 17.2 Å². The van der Waals surface area contributed by atoms with Gasteiger partial charge in [-0.15, -0.1) is 0 Å². The average molecular weight is 371 g/mol. The first kappa shape index (κ1) is 18.6. The summed E-state index contributed by atoms with van der Waals surface area (Å²) < 4.78 is 21.1. The fourth-order valence-electron chi connectivity index (χ4n) is 2.46. The largest absolute Gasteiger partial charge is 0.493 e. The van der Waals surface area contributed by atoms with Crippen LogP contribution >= 0.6 is 0 Å². The highest BCUT2D eigenvalue weighted by Gasteiger charge is 2.18. The number of ether oxygens (including phenoxy) is 4. The first-order valence-electron chi connectivity index (χ1n) is 8.65. The van der Waals surface area contributed by atoms with Crippen LogP contribution in [0.5, 0.6) is 17.2 Å². The Kier molecular flexibility index (Phi) is 6.14. The second-order valence-electron chi connectivity index (χ2n) is 5.95. The summed E-state index contributed by atoms with van der Waals surface area (Å²) in [6, 6.07) is 14.6. The summed E-state index contributed by atoms with van der Waals surface area (Å²) in [5.74, 6) is 1.16. The monoisotopic (exact) mass is 371 g/mol. The number of hydrogen-bond donors (Lipinski definition) is 1. The van der Waals surface area contributed by atoms with Gasteiger partial charge in [0.25, 0.3) is 5.91 Å². The van der Waals surface area contributed by atoms with Crippen LogP contribution in [-0.4, -0.2) is 31.4 Å². The fourth-order valence-corrected chi connectivity index (χ4v) is 2.46. The van der Waals surface area contributed by atoms with Crippen molar-refractivity contribution < 1.29 is 28.5 Å². The number of fused-ring (bicyclic) bond motifs is 1. The standard InChI is InChI=1S/C20H21NO6/c1-14(27-19(22)9-10-24-16-5-3-2-4-6-16)20(23)21-12-15-7-8-17-18(11-15)26-13-25-17/h2-8,11,14H,9-10,12-13H2,1H3,(H,21,23)/t14-/m0/s1. The molecule has 1 N–H and O–H groups in total. The van der Waals surface area contributed by atoms with Gasteiger partial charge >= 0.3 is 5.97 Å². The zero-order chi connectivity index (χ0) is 19.1. The molecule has 0 bridgehead atoms. The van der Waals surface area contributed by atoms with E-state index in [0.717, 1.165) is 5.56 Å². The van der Waals surface area contributed by atoms with Crippen LogP contribution in [0.2, 0.25) is 0 Å². The van der Waals surface area contributed by atoms with Gasteiger partial charge in [0.1, 0.15) is 5.75 Å². The highest BCUT2D eigenvalue weighted by molar-refractivity contribution is 5.83. The van der Waals surface area contributed by atoms with E-state index < -0.39 is 12.1 Å². The van der Waals surface area contributed by atoms with Crippen LogP contribution in [0.4, 0.5) is 0 Å². The molecule has 1 heterocycles. The van der Waals surface area contributed by atoms with E-state index in [4.69, 9.17) is 18.9 Å². The van der Waals surface area contributed by atoms with Crippen molar-refractivity contribution in [1.82, 2.24) is 5.32 Å². The molecule has 1 aliphatic rings. The summed E-state index contributed by atoms with van der Waals surface area (Å²) in [5, 5.41) is 2.73. The molecule has 1 atom stereocenters. The minimum atomic E-state index is -0.886. The van der Waals surface area contributed by atoms with E-state index in [0.29, 0.717) is 23.8 Å². The number of esters is 1. The molecule has 1 amide bonds. The van der Waals surface area contributed by atoms with E-state index in [1.54, 1.807) is 24.3 Å². The molecule has 0 saturated heterocycles. The molecule has 1 aliphatic heterocycles. The van der Waals surface area contributed by atoms with Gasteiger partial charge in [-0.25, -0.2) is 0 Å². The third-order valence-electron chi connectivity index (χ3n) is 3.90. The van der Waals surface area contributed by atoms with Gasteiger partial charge in [0.15, 0.2) is 17.6 Å². The molecular formula is C20H21NO6. The van der Waals surface area contributed by atoms with Crippen LogP contribution in [0, 0.1) is 0 Å². The average Bonchev–Trinajstić information content (AvgIpc) is 3.14. The summed E-state index contributed by atoms with van der Waals surface area (Å²) in [5.41, 5.74) is 0.863. The molecular weight excluding hydrogens is 350 g/mol. The zero-order valence-corrected chi connectivity index (χ0v) is 15.0. The topological polar surface area (TPSA) is 83.1 Å². The fraction of sp³-hybridized carbons (Fsp3) is 0.300. The third-order valence-corrected chi connectivity index (χ3v) is 3.90. The second kappa shape index (κ2) is 8.93. The number of hydrogen-bond acceptors (Lipinski definition) is 6. The first-order chi connectivity index (χ1) is 13.1. The molecule has 0 aromatic heterocycles. The predicted molar refractivity (Wildman–Crippen MR) is 96.5 cm³/mol. The highest BCUT2D eigenvalue weighted by Crippen LogP contribution is 2.32. The van der Waals surface area contributed by atoms with Crippen molar-refractivity contribution in [3.63, 3.8) is 0 Å². The summed E-state index contributed by atoms with van der Waals surface area (Å²) in [6.07, 6.45) is -0.822. The van der Waals surface area contributed by atoms with Crippen LogP contribution in [-0.2, 0) is 20.9 Å². The van der Waals surface area contributed by atoms with E-state index in [1.165, 1.54) is 6.92 Å². The van der Waals surface area contributed by atoms with Crippen molar-refractivity contribution in [2.24, 2.45) is 0 Å². The van der Waals surface area contributed by atoms with Gasteiger partial charge in [-0.3, -0.25) is 9.59 Å². The summed E-state index contributed by atoms with van der Waals surface area (Å²) in [7, 11) is 0. The van der Waals surface area contributed by atoms with Gasteiger partial charge in [-0.1, -0.05) is 24.3 Å². The molecule has 0 saturated carbocycles. The number of rotatable bonds is 8. The van der Waals surface area contributed by atoms with Crippen molar-refractivity contribution in [1.29, 1.82) is 0 Å². The predicted octanol–water partition coefficient (Wildman–Crippen LogP) is 2.43. The van der Waals surface area contributed by atoms with Gasteiger partial charge in [0.2, 0.25) is 6.79 Å². The second-order valence-corrected chi connectivity index (χ2v) is 5.95. The van der Waals surface area contributed by atoms with Crippen molar-refractivity contribution in [2.75, 3.05) is 13.4 Å². The molecule has 3 rings (SSSR count). The number of para-hydroxylation sites is 1. The molecule has 0 aliphatic carbocycles. The Morgan fingerprint density at radius 2 is 1.89 bits per heavy atom. The van der Waals surface area contributed by atoms with Gasteiger partial charge in [-0.2, -0.15) is 0 Å². The minimum absolute atomic E-state index is 0.0642. The number of nitrogens with one attached hydrogen (secondary N) is 1. The van der Waals surface area contributed by atoms with Gasteiger partial charge in [0.05, 0.1) is 13.0 Å². The maximum Gasteiger partial charge on any atom is 0.310 e. The molecule has 7 heteroatoms. The number of carbonyl (C=O) groups excluding carboxylic acids is 2. The van der Waals surface area contributed by atoms with Crippen LogP contribution in [0.1, 0.15) is 18.9 Å². The van der Waals surface area contributed by atoms with Crippen LogP contribution < -0.4 is 19.5 Å². The summed E-state index contributed by atoms with van der Waals surface area (Å²) in [4.78, 5) is 23.9. The Morgan fingerprint density at radius 1 is 1.11 bits per heavy atom. The van der Waals surface area contributed by atoms with Crippen LogP contribution in [0.3, 0.4) is 0 Å². The van der Waals surface area contributed by atoms with E-state index in [9.17, 15) is 9.59 Å². The maximum absolute atomic E-state index is 12.1. The Bertz CT molecular complexity index is 792. The van der Waals surface area contributed by atoms with Crippen molar-refractivity contribution in [2.45, 2.75) is 26.0 Å². The zero-order valence-electron chi connectivity index (χ0n) is 15.0. The molecule has 0 radical (unpaired) electrons. The van der Waals surface area contributed by atoms with Crippen LogP contribution in [0.25, 0.3) is 0 Å². The highest BCUT2D eigenvalue weighted by atomic mass is 16.7. The molecule has 27 heavy (non-hydrogen) atoms. The van der Waals surface area contributed by atoms with Gasteiger partial charge in [-0.05, 0) is 36.8 Å². The Labute approximate surface area is 157 Å². The lowest BCUT2D eigenvalue weighted by molar-refractivity contribution is -0.155. The lowest BCUT2D eigenvalue weighted by Crippen LogP contribution is -2.35. The molecule has 0 spiro atoms. The number of benzene rings is 2. The minimum Gasteiger partial charge on any atom is -0.493 e. The molecule has 2 aromatic rings. The Balaban J connectivity index is 1.37. The third kappa shape index (κ3) is 5.37. The first-order valence-corrected chi connectivity index (χ1v) is 8.65. The van der Waals surface area contributed by atoms with E-state index in [1.807, 2.05) is 24.3 Å². The molecule has 142 valence electrons. The molecule has 0 fully saturated rings. The van der Waals surface area contributed by atoms with Gasteiger partial charge in [0, 0.05) is 6.54 Å². The quantitative estimate of drug-likeness (QED) is 0.718. The Hall–Kier alpha value is -3.22. The lowest BCUT2D eigenvalue weighted by atomic mass is 10.2. The lowest BCUT2D eigenvalue weighted by Gasteiger charge is -2.14. The SMILES string of the molecule is C[C@H](OC(=O)CCOc1ccccc1)C(=O)NCc1ccc2c(c1)OCO2. The molecule has 0 unspecified atom stereocenters. The normalized spacial score (nSPS) is 12.9.